The van der Waals surface area contributed by atoms with Crippen LogP contribution in [0.15, 0.2) is 28.0 Å². The summed E-state index contributed by atoms with van der Waals surface area (Å²) in [6.07, 6.45) is 7.03. The van der Waals surface area contributed by atoms with Gasteiger partial charge in [-0.05, 0) is 18.9 Å². The molecule has 0 atom stereocenters. The summed E-state index contributed by atoms with van der Waals surface area (Å²) in [7, 11) is -3.28. The zero-order valence-corrected chi connectivity index (χ0v) is 10.0. The third kappa shape index (κ3) is 2.19. The standard InChI is InChI=1S/C11H15NO3S/c1-16(14,15)10-6-7-12(11(13)8-10)9-4-2-3-5-9/h6-9H,2-5H2,1H3. The molecule has 1 fully saturated rings. The molecule has 1 aromatic rings. The van der Waals surface area contributed by atoms with E-state index in [2.05, 4.69) is 0 Å². The van der Waals surface area contributed by atoms with Crippen LogP contribution in [0, 0.1) is 0 Å². The van der Waals surface area contributed by atoms with E-state index in [0.717, 1.165) is 31.9 Å². The maximum Gasteiger partial charge on any atom is 0.252 e. The fraction of sp³-hybridized carbons (Fsp3) is 0.545. The van der Waals surface area contributed by atoms with Crippen molar-refractivity contribution in [3.63, 3.8) is 0 Å². The van der Waals surface area contributed by atoms with Gasteiger partial charge in [-0.2, -0.15) is 0 Å². The number of sulfone groups is 1. The van der Waals surface area contributed by atoms with Crippen molar-refractivity contribution in [2.24, 2.45) is 0 Å². The second-order valence-electron chi connectivity index (χ2n) is 4.32. The minimum Gasteiger partial charge on any atom is -0.312 e. The van der Waals surface area contributed by atoms with Gasteiger partial charge >= 0.3 is 0 Å². The normalized spacial score (nSPS) is 17.8. The number of nitrogens with zero attached hydrogens (tertiary/aromatic N) is 1. The molecule has 1 heterocycles. The second-order valence-corrected chi connectivity index (χ2v) is 6.33. The Bertz CT molecular complexity index is 539. The van der Waals surface area contributed by atoms with Gasteiger partial charge in [-0.1, -0.05) is 12.8 Å². The molecule has 88 valence electrons. The minimum atomic E-state index is -3.28. The molecule has 0 saturated heterocycles. The lowest BCUT2D eigenvalue weighted by Crippen LogP contribution is -2.23. The molecule has 5 heteroatoms. The van der Waals surface area contributed by atoms with Gasteiger partial charge in [-0.3, -0.25) is 4.79 Å². The van der Waals surface area contributed by atoms with Crippen LogP contribution in [-0.4, -0.2) is 19.2 Å². The van der Waals surface area contributed by atoms with Crippen molar-refractivity contribution in [2.45, 2.75) is 36.6 Å². The summed E-state index contributed by atoms with van der Waals surface area (Å²) >= 11 is 0. The van der Waals surface area contributed by atoms with Gasteiger partial charge in [-0.15, -0.1) is 0 Å². The molecule has 1 aromatic heterocycles. The Morgan fingerprint density at radius 2 is 1.94 bits per heavy atom. The quantitative estimate of drug-likeness (QED) is 0.785. The number of hydrogen-bond acceptors (Lipinski definition) is 3. The van der Waals surface area contributed by atoms with Crippen molar-refractivity contribution >= 4 is 9.84 Å². The number of pyridine rings is 1. The molecule has 0 aromatic carbocycles. The first-order chi connectivity index (χ1) is 7.48. The molecule has 4 nitrogen and oxygen atoms in total. The number of rotatable bonds is 2. The summed E-state index contributed by atoms with van der Waals surface area (Å²) in [5, 5.41) is 0. The Labute approximate surface area is 94.8 Å². The molecular formula is C11H15NO3S. The minimum absolute atomic E-state index is 0.103. The highest BCUT2D eigenvalue weighted by Crippen LogP contribution is 2.28. The van der Waals surface area contributed by atoms with Crippen LogP contribution in [0.5, 0.6) is 0 Å². The lowest BCUT2D eigenvalue weighted by atomic mass is 10.2. The largest absolute Gasteiger partial charge is 0.312 e. The summed E-state index contributed by atoms with van der Waals surface area (Å²) in [4.78, 5) is 11.9. The number of aromatic nitrogens is 1. The van der Waals surface area contributed by atoms with Crippen LogP contribution in [0.25, 0.3) is 0 Å². The fourth-order valence-electron chi connectivity index (χ4n) is 2.19. The topological polar surface area (TPSA) is 56.1 Å². The molecule has 16 heavy (non-hydrogen) atoms. The average Bonchev–Trinajstić information content (AvgIpc) is 2.69. The monoisotopic (exact) mass is 241 g/mol. The van der Waals surface area contributed by atoms with E-state index in [1.807, 2.05) is 0 Å². The van der Waals surface area contributed by atoms with Gasteiger partial charge in [0.25, 0.3) is 5.56 Å². The van der Waals surface area contributed by atoms with Crippen molar-refractivity contribution in [1.82, 2.24) is 4.57 Å². The third-order valence-corrected chi connectivity index (χ3v) is 4.18. The molecule has 1 aliphatic carbocycles. The SMILES string of the molecule is CS(=O)(=O)c1ccn(C2CCCC2)c(=O)c1. The molecule has 0 aliphatic heterocycles. The van der Waals surface area contributed by atoms with Gasteiger partial charge in [0.1, 0.15) is 0 Å². The zero-order chi connectivity index (χ0) is 11.8. The second kappa shape index (κ2) is 4.05. The lowest BCUT2D eigenvalue weighted by Gasteiger charge is -2.13. The van der Waals surface area contributed by atoms with Crippen LogP contribution in [-0.2, 0) is 9.84 Å². The van der Waals surface area contributed by atoms with Gasteiger partial charge < -0.3 is 4.57 Å². The van der Waals surface area contributed by atoms with Gasteiger partial charge in [0.2, 0.25) is 0 Å². The van der Waals surface area contributed by atoms with Gasteiger partial charge in [0.05, 0.1) is 4.90 Å². The van der Waals surface area contributed by atoms with E-state index in [4.69, 9.17) is 0 Å². The van der Waals surface area contributed by atoms with E-state index in [1.54, 1.807) is 10.8 Å². The van der Waals surface area contributed by atoms with Crippen molar-refractivity contribution < 1.29 is 8.42 Å². The predicted molar refractivity (Wildman–Crippen MR) is 61.3 cm³/mol. The molecule has 1 aliphatic rings. The van der Waals surface area contributed by atoms with Crippen molar-refractivity contribution in [1.29, 1.82) is 0 Å². The molecule has 1 saturated carbocycles. The van der Waals surface area contributed by atoms with Crippen LogP contribution in [0.1, 0.15) is 31.7 Å². The molecular weight excluding hydrogens is 226 g/mol. The summed E-state index contributed by atoms with van der Waals surface area (Å²) in [6, 6.07) is 2.98. The highest BCUT2D eigenvalue weighted by atomic mass is 32.2. The summed E-state index contributed by atoms with van der Waals surface area (Å²) in [5.41, 5.74) is -0.213. The fourth-order valence-corrected chi connectivity index (χ4v) is 2.81. The Morgan fingerprint density at radius 1 is 1.31 bits per heavy atom. The molecule has 0 spiro atoms. The van der Waals surface area contributed by atoms with E-state index < -0.39 is 9.84 Å². The van der Waals surface area contributed by atoms with Gasteiger partial charge in [0.15, 0.2) is 9.84 Å². The molecule has 2 rings (SSSR count). The van der Waals surface area contributed by atoms with Crippen LogP contribution >= 0.6 is 0 Å². The van der Waals surface area contributed by atoms with E-state index >= 15 is 0 Å². The first-order valence-corrected chi connectivity index (χ1v) is 7.30. The van der Waals surface area contributed by atoms with E-state index in [-0.39, 0.29) is 16.5 Å². The summed E-state index contributed by atoms with van der Waals surface area (Å²) in [6.45, 7) is 0. The average molecular weight is 241 g/mol. The van der Waals surface area contributed by atoms with Crippen LogP contribution in [0.3, 0.4) is 0 Å². The van der Waals surface area contributed by atoms with E-state index in [1.165, 1.54) is 12.1 Å². The highest BCUT2D eigenvalue weighted by Gasteiger charge is 2.18. The van der Waals surface area contributed by atoms with Crippen molar-refractivity contribution in [3.8, 4) is 0 Å². The molecule has 0 unspecified atom stereocenters. The van der Waals surface area contributed by atoms with E-state index in [0.29, 0.717) is 0 Å². The Balaban J connectivity index is 2.41. The van der Waals surface area contributed by atoms with Crippen LogP contribution < -0.4 is 5.56 Å². The highest BCUT2D eigenvalue weighted by molar-refractivity contribution is 7.90. The summed E-state index contributed by atoms with van der Waals surface area (Å²) < 4.78 is 24.2. The van der Waals surface area contributed by atoms with Gasteiger partial charge in [0, 0.05) is 24.6 Å². The van der Waals surface area contributed by atoms with Crippen LogP contribution in [0.4, 0.5) is 0 Å². The molecule has 0 amide bonds. The van der Waals surface area contributed by atoms with E-state index in [9.17, 15) is 13.2 Å². The van der Waals surface area contributed by atoms with Gasteiger partial charge in [-0.25, -0.2) is 8.42 Å². The lowest BCUT2D eigenvalue weighted by molar-refractivity contribution is 0.500. The third-order valence-electron chi connectivity index (χ3n) is 3.07. The van der Waals surface area contributed by atoms with Crippen LogP contribution in [0.2, 0.25) is 0 Å². The Morgan fingerprint density at radius 3 is 2.44 bits per heavy atom. The zero-order valence-electron chi connectivity index (χ0n) is 9.22. The smallest absolute Gasteiger partial charge is 0.252 e. The van der Waals surface area contributed by atoms with Crippen molar-refractivity contribution in [3.05, 3.63) is 28.7 Å². The Kier molecular flexibility index (Phi) is 2.88. The molecule has 0 radical (unpaired) electrons. The summed E-state index contributed by atoms with van der Waals surface area (Å²) in [5.74, 6) is 0. The van der Waals surface area contributed by atoms with Crippen molar-refractivity contribution in [2.75, 3.05) is 6.26 Å². The maximum absolute atomic E-state index is 11.8. The maximum atomic E-state index is 11.8. The predicted octanol–water partition coefficient (Wildman–Crippen LogP) is 1.37. The number of hydrogen-bond donors (Lipinski definition) is 0. The molecule has 0 N–H and O–H groups in total. The Hall–Kier alpha value is -1.10. The molecule has 0 bridgehead atoms. The first-order valence-electron chi connectivity index (χ1n) is 5.41. The first kappa shape index (κ1) is 11.4.